The van der Waals surface area contributed by atoms with Crippen molar-refractivity contribution in [3.63, 3.8) is 0 Å². The Morgan fingerprint density at radius 3 is 2.33 bits per heavy atom. The van der Waals surface area contributed by atoms with Crippen LogP contribution in [0.2, 0.25) is 10.0 Å². The van der Waals surface area contributed by atoms with Gasteiger partial charge in [0.15, 0.2) is 17.3 Å². The predicted octanol–water partition coefficient (Wildman–Crippen LogP) is 4.99. The molecule has 0 saturated carbocycles. The van der Waals surface area contributed by atoms with Crippen LogP contribution in [0.3, 0.4) is 0 Å². The SMILES string of the molecule is COc1ccc(C2CC(=O)C3=C(C2)Nc2[nH][nH]c(=O)c2C3c2c(Cl)cccc2Cl)cc1OC. The van der Waals surface area contributed by atoms with Crippen molar-refractivity contribution < 1.29 is 14.3 Å². The molecule has 0 radical (unpaired) electrons. The third kappa shape index (κ3) is 3.52. The normalized spacial score (nSPS) is 19.6. The van der Waals surface area contributed by atoms with E-state index >= 15 is 0 Å². The van der Waals surface area contributed by atoms with Gasteiger partial charge in [0.05, 0.1) is 25.7 Å². The molecule has 1 aromatic heterocycles. The summed E-state index contributed by atoms with van der Waals surface area (Å²) in [4.78, 5) is 26.3. The number of halogens is 2. The van der Waals surface area contributed by atoms with Crippen LogP contribution in [0.1, 0.15) is 41.4 Å². The molecule has 7 nitrogen and oxygen atoms in total. The summed E-state index contributed by atoms with van der Waals surface area (Å²) in [6.07, 6.45) is 0.855. The number of methoxy groups -OCH3 is 2. The number of rotatable bonds is 4. The largest absolute Gasteiger partial charge is 0.493 e. The number of benzene rings is 2. The van der Waals surface area contributed by atoms with Crippen molar-refractivity contribution in [3.05, 3.63) is 84.8 Å². The number of aromatic amines is 2. The zero-order valence-electron chi connectivity index (χ0n) is 17.9. The van der Waals surface area contributed by atoms with Gasteiger partial charge in [0.2, 0.25) is 0 Å². The second kappa shape index (κ2) is 8.32. The molecule has 1 aliphatic heterocycles. The van der Waals surface area contributed by atoms with E-state index in [0.717, 1.165) is 11.3 Å². The van der Waals surface area contributed by atoms with Gasteiger partial charge in [-0.25, -0.2) is 0 Å². The van der Waals surface area contributed by atoms with Crippen LogP contribution in [-0.4, -0.2) is 30.2 Å². The van der Waals surface area contributed by atoms with Gasteiger partial charge < -0.3 is 14.8 Å². The van der Waals surface area contributed by atoms with E-state index in [-0.39, 0.29) is 23.7 Å². The van der Waals surface area contributed by atoms with Crippen LogP contribution >= 0.6 is 23.2 Å². The fourth-order valence-electron chi connectivity index (χ4n) is 4.84. The minimum absolute atomic E-state index is 0.0595. The highest BCUT2D eigenvalue weighted by molar-refractivity contribution is 6.36. The number of allylic oxidation sites excluding steroid dienone is 2. The Morgan fingerprint density at radius 2 is 1.64 bits per heavy atom. The van der Waals surface area contributed by atoms with Gasteiger partial charge >= 0.3 is 0 Å². The maximum atomic E-state index is 13.6. The number of nitrogens with one attached hydrogen (secondary N) is 3. The second-order valence-corrected chi connectivity index (χ2v) is 8.91. The maximum absolute atomic E-state index is 13.6. The molecule has 0 saturated heterocycles. The summed E-state index contributed by atoms with van der Waals surface area (Å²) >= 11 is 13.1. The molecule has 9 heteroatoms. The van der Waals surface area contributed by atoms with Crippen LogP contribution in [-0.2, 0) is 4.79 Å². The monoisotopic (exact) mass is 485 g/mol. The van der Waals surface area contributed by atoms with E-state index in [1.807, 2.05) is 18.2 Å². The molecule has 33 heavy (non-hydrogen) atoms. The number of Topliss-reactive ketones (excluding diaryl/α,β-unsaturated/α-hetero) is 1. The third-order valence-corrected chi connectivity index (χ3v) is 7.00. The van der Waals surface area contributed by atoms with Crippen molar-refractivity contribution in [2.45, 2.75) is 24.7 Å². The van der Waals surface area contributed by atoms with Gasteiger partial charge in [-0.05, 0) is 42.2 Å². The van der Waals surface area contributed by atoms with Crippen molar-refractivity contribution in [2.75, 3.05) is 19.5 Å². The molecule has 2 aliphatic rings. The number of anilines is 1. The molecule has 0 bridgehead atoms. The van der Waals surface area contributed by atoms with Crippen molar-refractivity contribution in [1.82, 2.24) is 10.2 Å². The molecule has 2 unspecified atom stereocenters. The van der Waals surface area contributed by atoms with Gasteiger partial charge in [-0.1, -0.05) is 35.3 Å². The number of hydrogen-bond acceptors (Lipinski definition) is 5. The summed E-state index contributed by atoms with van der Waals surface area (Å²) in [5.74, 6) is 0.958. The Kier molecular flexibility index (Phi) is 5.46. The summed E-state index contributed by atoms with van der Waals surface area (Å²) in [5, 5.41) is 9.58. The number of ether oxygens (including phenoxy) is 2. The van der Waals surface area contributed by atoms with Gasteiger partial charge in [0.25, 0.3) is 5.56 Å². The second-order valence-electron chi connectivity index (χ2n) is 8.10. The van der Waals surface area contributed by atoms with Crippen LogP contribution in [0.4, 0.5) is 5.82 Å². The van der Waals surface area contributed by atoms with E-state index in [1.165, 1.54) is 0 Å². The number of ketones is 1. The molecular weight excluding hydrogens is 465 g/mol. The summed E-state index contributed by atoms with van der Waals surface area (Å²) < 4.78 is 10.8. The lowest BCUT2D eigenvalue weighted by Crippen LogP contribution is -2.31. The summed E-state index contributed by atoms with van der Waals surface area (Å²) in [5.41, 5.74) is 2.88. The molecule has 3 N–H and O–H groups in total. The molecule has 0 fully saturated rings. The molecule has 2 aromatic carbocycles. The number of H-pyrrole nitrogens is 2. The quantitative estimate of drug-likeness (QED) is 0.483. The van der Waals surface area contributed by atoms with Crippen LogP contribution in [0.5, 0.6) is 11.5 Å². The zero-order chi connectivity index (χ0) is 23.3. The first kappa shape index (κ1) is 21.7. The number of carbonyl (C=O) groups is 1. The predicted molar refractivity (Wildman–Crippen MR) is 127 cm³/mol. The smallest absolute Gasteiger partial charge is 0.270 e. The minimum Gasteiger partial charge on any atom is -0.493 e. The summed E-state index contributed by atoms with van der Waals surface area (Å²) in [6, 6.07) is 10.8. The average Bonchev–Trinajstić information content (AvgIpc) is 3.18. The van der Waals surface area contributed by atoms with Gasteiger partial charge in [-0.3, -0.25) is 19.8 Å². The topological polar surface area (TPSA) is 96.2 Å². The molecule has 2 heterocycles. The Hall–Kier alpha value is -3.16. The Labute approximate surface area is 199 Å². The van der Waals surface area contributed by atoms with E-state index in [1.54, 1.807) is 32.4 Å². The van der Waals surface area contributed by atoms with Crippen LogP contribution in [0, 0.1) is 0 Å². The number of fused-ring (bicyclic) bond motifs is 1. The molecule has 5 rings (SSSR count). The lowest BCUT2D eigenvalue weighted by molar-refractivity contribution is -0.116. The maximum Gasteiger partial charge on any atom is 0.270 e. The van der Waals surface area contributed by atoms with E-state index < -0.39 is 5.92 Å². The minimum atomic E-state index is -0.661. The molecule has 0 spiro atoms. The van der Waals surface area contributed by atoms with Gasteiger partial charge in [-0.15, -0.1) is 0 Å². The van der Waals surface area contributed by atoms with E-state index in [9.17, 15) is 9.59 Å². The van der Waals surface area contributed by atoms with E-state index in [0.29, 0.717) is 50.5 Å². The van der Waals surface area contributed by atoms with Gasteiger partial charge in [-0.2, -0.15) is 0 Å². The van der Waals surface area contributed by atoms with Crippen LogP contribution in [0.25, 0.3) is 0 Å². The standard InChI is InChI=1S/C24H21Cl2N3O4/c1-32-17-7-6-11(10-18(17)33-2)12-8-15-20(16(30)9-12)21(19-13(25)4-3-5-14(19)26)22-23(27-15)28-29-24(22)31/h3-7,10,12,21H,8-9H2,1-2H3,(H3,27,28,29,31). The highest BCUT2D eigenvalue weighted by atomic mass is 35.5. The fourth-order valence-corrected chi connectivity index (χ4v) is 5.45. The van der Waals surface area contributed by atoms with E-state index in [4.69, 9.17) is 32.7 Å². The Balaban J connectivity index is 1.63. The Morgan fingerprint density at radius 1 is 0.909 bits per heavy atom. The first-order valence-corrected chi connectivity index (χ1v) is 11.2. The first-order valence-electron chi connectivity index (χ1n) is 10.4. The lowest BCUT2D eigenvalue weighted by Gasteiger charge is -2.35. The summed E-state index contributed by atoms with van der Waals surface area (Å²) in [7, 11) is 3.17. The number of aromatic nitrogens is 2. The zero-order valence-corrected chi connectivity index (χ0v) is 19.4. The summed E-state index contributed by atoms with van der Waals surface area (Å²) in [6.45, 7) is 0. The van der Waals surface area contributed by atoms with Gasteiger partial charge in [0, 0.05) is 33.3 Å². The lowest BCUT2D eigenvalue weighted by atomic mass is 9.72. The van der Waals surface area contributed by atoms with Crippen molar-refractivity contribution >= 4 is 34.8 Å². The third-order valence-electron chi connectivity index (χ3n) is 6.34. The Bertz CT molecular complexity index is 1340. The molecule has 3 aromatic rings. The number of carbonyl (C=O) groups excluding carboxylic acids is 1. The van der Waals surface area contributed by atoms with Crippen molar-refractivity contribution in [3.8, 4) is 11.5 Å². The van der Waals surface area contributed by atoms with Crippen molar-refractivity contribution in [2.24, 2.45) is 0 Å². The van der Waals surface area contributed by atoms with Crippen molar-refractivity contribution in [1.29, 1.82) is 0 Å². The van der Waals surface area contributed by atoms with Gasteiger partial charge in [0.1, 0.15) is 5.82 Å². The number of hydrogen-bond donors (Lipinski definition) is 3. The van der Waals surface area contributed by atoms with Crippen LogP contribution < -0.4 is 20.3 Å². The molecule has 1 aliphatic carbocycles. The van der Waals surface area contributed by atoms with E-state index in [2.05, 4.69) is 15.5 Å². The highest BCUT2D eigenvalue weighted by Crippen LogP contribution is 2.49. The molecular formula is C24H21Cl2N3O4. The highest BCUT2D eigenvalue weighted by Gasteiger charge is 2.42. The molecule has 0 amide bonds. The molecule has 170 valence electrons. The first-order chi connectivity index (χ1) is 15.9. The fraction of sp³-hybridized carbons (Fsp3) is 0.250. The van der Waals surface area contributed by atoms with Crippen LogP contribution in [0.15, 0.2) is 52.5 Å². The average molecular weight is 486 g/mol. The molecule has 2 atom stereocenters.